The van der Waals surface area contributed by atoms with Crippen LogP contribution in [0, 0.1) is 11.3 Å². The second-order valence-corrected chi connectivity index (χ2v) is 2.47. The van der Waals surface area contributed by atoms with Crippen LogP contribution >= 0.6 is 0 Å². The first kappa shape index (κ1) is 6.68. The lowest BCUT2D eigenvalue weighted by molar-refractivity contribution is 1.04. The van der Waals surface area contributed by atoms with Crippen LogP contribution in [0.1, 0.15) is 5.56 Å². The molecule has 0 bridgehead atoms. The molecule has 4 nitrogen and oxygen atoms in total. The van der Waals surface area contributed by atoms with Crippen LogP contribution in [0.25, 0.3) is 11.0 Å². The number of nitrogen functional groups attached to an aromatic ring is 1. The van der Waals surface area contributed by atoms with Crippen molar-refractivity contribution < 1.29 is 0 Å². The summed E-state index contributed by atoms with van der Waals surface area (Å²) >= 11 is 0. The van der Waals surface area contributed by atoms with Crippen LogP contribution < -0.4 is 5.84 Å². The minimum Gasteiger partial charge on any atom is -0.338 e. The van der Waals surface area contributed by atoms with Gasteiger partial charge in [-0.25, -0.2) is 9.66 Å². The lowest BCUT2D eigenvalue weighted by Gasteiger charge is -1.92. The Morgan fingerprint density at radius 3 is 3.08 bits per heavy atom. The van der Waals surface area contributed by atoms with Crippen LogP contribution in [0.15, 0.2) is 24.5 Å². The molecule has 4 heteroatoms. The van der Waals surface area contributed by atoms with Crippen LogP contribution in [0.5, 0.6) is 0 Å². The molecule has 0 saturated carbocycles. The van der Waals surface area contributed by atoms with Gasteiger partial charge >= 0.3 is 0 Å². The minimum absolute atomic E-state index is 0.598. The highest BCUT2D eigenvalue weighted by molar-refractivity contribution is 5.76. The zero-order valence-corrected chi connectivity index (χ0v) is 6.23. The van der Waals surface area contributed by atoms with Crippen molar-refractivity contribution in [2.75, 3.05) is 5.84 Å². The van der Waals surface area contributed by atoms with E-state index in [1.54, 1.807) is 18.2 Å². The zero-order chi connectivity index (χ0) is 8.55. The highest BCUT2D eigenvalue weighted by Crippen LogP contribution is 2.11. The molecule has 0 unspecified atom stereocenters. The van der Waals surface area contributed by atoms with Crippen LogP contribution in [0.4, 0.5) is 0 Å². The fourth-order valence-corrected chi connectivity index (χ4v) is 1.10. The summed E-state index contributed by atoms with van der Waals surface area (Å²) in [5.74, 6) is 5.54. The maximum Gasteiger partial charge on any atom is 0.115 e. The normalized spacial score (nSPS) is 9.92. The van der Waals surface area contributed by atoms with E-state index in [-0.39, 0.29) is 0 Å². The molecule has 0 aliphatic rings. The average molecular weight is 158 g/mol. The van der Waals surface area contributed by atoms with Crippen molar-refractivity contribution >= 4 is 11.0 Å². The maximum atomic E-state index is 8.59. The molecular weight excluding hydrogens is 152 g/mol. The van der Waals surface area contributed by atoms with Gasteiger partial charge in [-0.15, -0.1) is 0 Å². The molecule has 0 amide bonds. The Morgan fingerprint density at radius 2 is 2.33 bits per heavy atom. The fraction of sp³-hybridized carbons (Fsp3) is 0. The monoisotopic (exact) mass is 158 g/mol. The summed E-state index contributed by atoms with van der Waals surface area (Å²) in [7, 11) is 0. The molecule has 2 N–H and O–H groups in total. The predicted molar refractivity (Wildman–Crippen MR) is 44.6 cm³/mol. The maximum absolute atomic E-state index is 8.59. The van der Waals surface area contributed by atoms with Gasteiger partial charge in [0, 0.05) is 0 Å². The fourth-order valence-electron chi connectivity index (χ4n) is 1.10. The third-order valence-corrected chi connectivity index (χ3v) is 1.70. The lowest BCUT2D eigenvalue weighted by atomic mass is 10.2. The Labute approximate surface area is 68.8 Å². The molecule has 0 aliphatic carbocycles. The van der Waals surface area contributed by atoms with E-state index in [0.717, 1.165) is 11.0 Å². The van der Waals surface area contributed by atoms with Gasteiger partial charge in [0.25, 0.3) is 0 Å². The summed E-state index contributed by atoms with van der Waals surface area (Å²) < 4.78 is 1.43. The Kier molecular flexibility index (Phi) is 1.25. The third kappa shape index (κ3) is 0.805. The number of aromatic nitrogens is 2. The summed E-state index contributed by atoms with van der Waals surface area (Å²) in [6.45, 7) is 0. The van der Waals surface area contributed by atoms with E-state index < -0.39 is 0 Å². The summed E-state index contributed by atoms with van der Waals surface area (Å²) in [6.07, 6.45) is 1.52. The average Bonchev–Trinajstić information content (AvgIpc) is 2.47. The number of fused-ring (bicyclic) bond motifs is 1. The molecule has 1 aromatic carbocycles. The first-order chi connectivity index (χ1) is 5.81. The van der Waals surface area contributed by atoms with E-state index in [4.69, 9.17) is 11.1 Å². The van der Waals surface area contributed by atoms with Crippen molar-refractivity contribution in [3.05, 3.63) is 30.1 Å². The smallest absolute Gasteiger partial charge is 0.115 e. The van der Waals surface area contributed by atoms with Gasteiger partial charge in [-0.2, -0.15) is 5.26 Å². The van der Waals surface area contributed by atoms with E-state index in [1.165, 1.54) is 11.0 Å². The Balaban J connectivity index is 2.80. The molecule has 0 aliphatic heterocycles. The van der Waals surface area contributed by atoms with Gasteiger partial charge in [0.05, 0.1) is 22.7 Å². The molecule has 1 heterocycles. The van der Waals surface area contributed by atoms with Crippen LogP contribution in [0.2, 0.25) is 0 Å². The Bertz CT molecular complexity index is 463. The Morgan fingerprint density at radius 1 is 1.50 bits per heavy atom. The second-order valence-electron chi connectivity index (χ2n) is 2.47. The molecule has 0 radical (unpaired) electrons. The number of rotatable bonds is 0. The van der Waals surface area contributed by atoms with E-state index in [1.807, 2.05) is 6.07 Å². The van der Waals surface area contributed by atoms with Gasteiger partial charge in [0.2, 0.25) is 0 Å². The molecule has 0 atom stereocenters. The third-order valence-electron chi connectivity index (χ3n) is 1.70. The molecule has 1 aromatic heterocycles. The molecule has 0 saturated heterocycles. The lowest BCUT2D eigenvalue weighted by Crippen LogP contribution is -2.04. The number of hydrogen-bond acceptors (Lipinski definition) is 3. The van der Waals surface area contributed by atoms with E-state index in [9.17, 15) is 0 Å². The van der Waals surface area contributed by atoms with Gasteiger partial charge in [0.15, 0.2) is 0 Å². The van der Waals surface area contributed by atoms with Crippen LogP contribution in [-0.2, 0) is 0 Å². The molecule has 0 spiro atoms. The predicted octanol–water partition coefficient (Wildman–Crippen LogP) is 0.622. The number of nitriles is 1. The zero-order valence-electron chi connectivity index (χ0n) is 6.23. The van der Waals surface area contributed by atoms with Gasteiger partial charge in [-0.3, -0.25) is 0 Å². The molecule has 12 heavy (non-hydrogen) atoms. The van der Waals surface area contributed by atoms with E-state index in [2.05, 4.69) is 4.98 Å². The highest BCUT2D eigenvalue weighted by Gasteiger charge is 1.99. The number of nitrogens with zero attached hydrogens (tertiary/aromatic N) is 3. The number of benzene rings is 1. The second kappa shape index (κ2) is 2.24. The molecule has 58 valence electrons. The minimum atomic E-state index is 0.598. The molecular formula is C8H6N4. The first-order valence-electron chi connectivity index (χ1n) is 3.43. The van der Waals surface area contributed by atoms with Crippen molar-refractivity contribution in [2.24, 2.45) is 0 Å². The van der Waals surface area contributed by atoms with Crippen LogP contribution in [0.3, 0.4) is 0 Å². The molecule has 2 aromatic rings. The topological polar surface area (TPSA) is 67.6 Å². The van der Waals surface area contributed by atoms with Gasteiger partial charge in [0.1, 0.15) is 6.33 Å². The summed E-state index contributed by atoms with van der Waals surface area (Å²) in [6, 6.07) is 7.24. The standard InChI is InChI=1S/C8H6N4/c9-4-6-1-2-8-7(3-6)11-5-12(8)10/h1-3,5H,10H2. The summed E-state index contributed by atoms with van der Waals surface area (Å²) in [5, 5.41) is 8.59. The molecule has 2 rings (SSSR count). The van der Waals surface area contributed by atoms with Crippen molar-refractivity contribution in [1.82, 2.24) is 9.66 Å². The van der Waals surface area contributed by atoms with Crippen molar-refractivity contribution in [3.63, 3.8) is 0 Å². The van der Waals surface area contributed by atoms with E-state index >= 15 is 0 Å². The van der Waals surface area contributed by atoms with Crippen molar-refractivity contribution in [3.8, 4) is 6.07 Å². The Hall–Kier alpha value is -2.02. The van der Waals surface area contributed by atoms with Gasteiger partial charge in [-0.1, -0.05) is 0 Å². The highest BCUT2D eigenvalue weighted by atomic mass is 15.3. The van der Waals surface area contributed by atoms with E-state index in [0.29, 0.717) is 5.56 Å². The number of hydrogen-bond donors (Lipinski definition) is 1. The summed E-state index contributed by atoms with van der Waals surface area (Å²) in [5.41, 5.74) is 2.17. The van der Waals surface area contributed by atoms with Gasteiger partial charge in [-0.05, 0) is 18.2 Å². The van der Waals surface area contributed by atoms with Crippen LogP contribution in [-0.4, -0.2) is 9.66 Å². The van der Waals surface area contributed by atoms with Crippen molar-refractivity contribution in [1.29, 1.82) is 5.26 Å². The van der Waals surface area contributed by atoms with Gasteiger partial charge < -0.3 is 5.84 Å². The molecule has 0 fully saturated rings. The summed E-state index contributed by atoms with van der Waals surface area (Å²) in [4.78, 5) is 4.01. The quantitative estimate of drug-likeness (QED) is 0.571. The SMILES string of the molecule is N#Cc1ccc2c(c1)ncn2N. The number of imidazole rings is 1. The van der Waals surface area contributed by atoms with Crippen molar-refractivity contribution in [2.45, 2.75) is 0 Å². The largest absolute Gasteiger partial charge is 0.338 e. The number of nitrogens with two attached hydrogens (primary N) is 1. The first-order valence-corrected chi connectivity index (χ1v) is 3.43.